The zero-order valence-electron chi connectivity index (χ0n) is 20.9. The van der Waals surface area contributed by atoms with Crippen molar-refractivity contribution in [2.24, 2.45) is 0 Å². The molecule has 1 amide bonds. The summed E-state index contributed by atoms with van der Waals surface area (Å²) in [6, 6.07) is 20.3. The maximum absolute atomic E-state index is 13.5. The lowest BCUT2D eigenvalue weighted by Crippen LogP contribution is -2.41. The van der Waals surface area contributed by atoms with Crippen LogP contribution in [0, 0.1) is 0 Å². The minimum Gasteiger partial charge on any atom is -0.494 e. The summed E-state index contributed by atoms with van der Waals surface area (Å²) in [5.41, 5.74) is 1.57. The average molecular weight is 513 g/mol. The van der Waals surface area contributed by atoms with Crippen molar-refractivity contribution in [3.8, 4) is 17.2 Å². The number of carbonyl (C=O) groups excluding carboxylic acids is 1. The van der Waals surface area contributed by atoms with Crippen molar-refractivity contribution in [2.75, 3.05) is 27.4 Å². The normalized spacial score (nSPS) is 12.1. The fourth-order valence-electron chi connectivity index (χ4n) is 3.69. The number of rotatable bonds is 12. The van der Waals surface area contributed by atoms with Crippen LogP contribution in [0.25, 0.3) is 0 Å². The van der Waals surface area contributed by atoms with E-state index in [2.05, 4.69) is 5.32 Å². The van der Waals surface area contributed by atoms with Gasteiger partial charge in [-0.1, -0.05) is 36.4 Å². The fraction of sp³-hybridized carbons (Fsp3) is 0.296. The molecule has 1 N–H and O–H groups in total. The summed E-state index contributed by atoms with van der Waals surface area (Å²) in [5, 5.41) is 2.89. The molecule has 0 aliphatic rings. The van der Waals surface area contributed by atoms with Gasteiger partial charge in [0.1, 0.15) is 5.75 Å². The Kier molecular flexibility index (Phi) is 9.32. The van der Waals surface area contributed by atoms with E-state index in [0.29, 0.717) is 23.9 Å². The molecule has 0 saturated heterocycles. The van der Waals surface area contributed by atoms with Crippen molar-refractivity contribution in [2.45, 2.75) is 31.3 Å². The molecule has 3 aromatic carbocycles. The lowest BCUT2D eigenvalue weighted by atomic mass is 10.1. The van der Waals surface area contributed by atoms with E-state index < -0.39 is 15.9 Å². The SMILES string of the molecule is CCOc1ccc(S(=O)(=O)N(CC(=O)N[C@H](C)c2ccc(OC)c(OC)c2)Cc2ccccc2)cc1. The van der Waals surface area contributed by atoms with Crippen molar-refractivity contribution in [1.29, 1.82) is 0 Å². The zero-order valence-corrected chi connectivity index (χ0v) is 21.7. The van der Waals surface area contributed by atoms with Crippen LogP contribution < -0.4 is 19.5 Å². The van der Waals surface area contributed by atoms with Gasteiger partial charge in [-0.2, -0.15) is 4.31 Å². The van der Waals surface area contributed by atoms with Gasteiger partial charge in [-0.05, 0) is 61.4 Å². The molecule has 0 aliphatic carbocycles. The number of hydrogen-bond donors (Lipinski definition) is 1. The number of nitrogens with one attached hydrogen (secondary N) is 1. The van der Waals surface area contributed by atoms with Crippen molar-refractivity contribution in [3.63, 3.8) is 0 Å². The summed E-state index contributed by atoms with van der Waals surface area (Å²) in [6.45, 7) is 3.86. The lowest BCUT2D eigenvalue weighted by molar-refractivity contribution is -0.122. The Labute approximate surface area is 212 Å². The molecular weight excluding hydrogens is 480 g/mol. The molecule has 0 heterocycles. The molecule has 0 saturated carbocycles. The molecule has 0 aromatic heterocycles. The van der Waals surface area contributed by atoms with Gasteiger partial charge >= 0.3 is 0 Å². The van der Waals surface area contributed by atoms with Crippen LogP contribution in [0.2, 0.25) is 0 Å². The van der Waals surface area contributed by atoms with E-state index in [0.717, 1.165) is 11.1 Å². The quantitative estimate of drug-likeness (QED) is 0.392. The predicted molar refractivity (Wildman–Crippen MR) is 138 cm³/mol. The smallest absolute Gasteiger partial charge is 0.243 e. The zero-order chi connectivity index (χ0) is 26.1. The van der Waals surface area contributed by atoms with Crippen molar-refractivity contribution in [1.82, 2.24) is 9.62 Å². The molecule has 0 bridgehead atoms. The molecule has 8 nitrogen and oxygen atoms in total. The highest BCUT2D eigenvalue weighted by Gasteiger charge is 2.27. The molecule has 0 aliphatic heterocycles. The molecule has 0 spiro atoms. The molecule has 1 atom stereocenters. The topological polar surface area (TPSA) is 94.2 Å². The van der Waals surface area contributed by atoms with Crippen LogP contribution in [0.1, 0.15) is 31.0 Å². The number of benzene rings is 3. The first-order chi connectivity index (χ1) is 17.3. The highest BCUT2D eigenvalue weighted by Crippen LogP contribution is 2.30. The van der Waals surface area contributed by atoms with E-state index in [9.17, 15) is 13.2 Å². The largest absolute Gasteiger partial charge is 0.494 e. The van der Waals surface area contributed by atoms with E-state index >= 15 is 0 Å². The first kappa shape index (κ1) is 27.0. The molecule has 0 fully saturated rings. The third kappa shape index (κ3) is 6.77. The number of carbonyl (C=O) groups is 1. The first-order valence-corrected chi connectivity index (χ1v) is 13.0. The Morgan fingerprint density at radius 3 is 2.22 bits per heavy atom. The van der Waals surface area contributed by atoms with E-state index in [1.807, 2.05) is 50.2 Å². The molecule has 3 rings (SSSR count). The monoisotopic (exact) mass is 512 g/mol. The van der Waals surface area contributed by atoms with Gasteiger partial charge in [0, 0.05) is 6.54 Å². The van der Waals surface area contributed by atoms with Gasteiger partial charge in [0.2, 0.25) is 15.9 Å². The van der Waals surface area contributed by atoms with E-state index in [4.69, 9.17) is 14.2 Å². The second-order valence-corrected chi connectivity index (χ2v) is 10.0. The number of amides is 1. The highest BCUT2D eigenvalue weighted by molar-refractivity contribution is 7.89. The summed E-state index contributed by atoms with van der Waals surface area (Å²) in [6.07, 6.45) is 0. The van der Waals surface area contributed by atoms with Crippen molar-refractivity contribution >= 4 is 15.9 Å². The molecule has 36 heavy (non-hydrogen) atoms. The van der Waals surface area contributed by atoms with Gasteiger partial charge in [0.25, 0.3) is 0 Å². The number of hydrogen-bond acceptors (Lipinski definition) is 6. The first-order valence-electron chi connectivity index (χ1n) is 11.6. The third-order valence-corrected chi connectivity index (χ3v) is 7.39. The van der Waals surface area contributed by atoms with Crippen LogP contribution in [0.4, 0.5) is 0 Å². The number of ether oxygens (including phenoxy) is 3. The molecule has 0 radical (unpaired) electrons. The van der Waals surface area contributed by atoms with Crippen molar-refractivity contribution in [3.05, 3.63) is 83.9 Å². The maximum atomic E-state index is 13.5. The predicted octanol–water partition coefficient (Wildman–Crippen LogP) is 4.17. The van der Waals surface area contributed by atoms with Gasteiger partial charge in [0.15, 0.2) is 11.5 Å². The fourth-order valence-corrected chi connectivity index (χ4v) is 5.07. The van der Waals surface area contributed by atoms with E-state index in [1.165, 1.54) is 23.5 Å². The van der Waals surface area contributed by atoms with Crippen LogP contribution in [0.3, 0.4) is 0 Å². The molecule has 0 unspecified atom stereocenters. The number of nitrogens with zero attached hydrogens (tertiary/aromatic N) is 1. The van der Waals surface area contributed by atoms with Crippen molar-refractivity contribution < 1.29 is 27.4 Å². The Hall–Kier alpha value is -3.56. The minimum atomic E-state index is -3.97. The highest BCUT2D eigenvalue weighted by atomic mass is 32.2. The molecule has 9 heteroatoms. The Morgan fingerprint density at radius 2 is 1.61 bits per heavy atom. The second-order valence-electron chi connectivity index (χ2n) is 8.07. The average Bonchev–Trinajstić information content (AvgIpc) is 2.89. The van der Waals surface area contributed by atoms with Gasteiger partial charge < -0.3 is 19.5 Å². The summed E-state index contributed by atoms with van der Waals surface area (Å²) in [5.74, 6) is 1.27. The van der Waals surface area contributed by atoms with E-state index in [-0.39, 0.29) is 24.0 Å². The summed E-state index contributed by atoms with van der Waals surface area (Å²) in [4.78, 5) is 13.1. The van der Waals surface area contributed by atoms with Gasteiger partial charge in [0.05, 0.1) is 38.3 Å². The Bertz CT molecular complexity index is 1250. The van der Waals surface area contributed by atoms with Gasteiger partial charge in [-0.15, -0.1) is 0 Å². The van der Waals surface area contributed by atoms with E-state index in [1.54, 1.807) is 31.4 Å². The van der Waals surface area contributed by atoms with Crippen LogP contribution >= 0.6 is 0 Å². The molecular formula is C27H32N2O6S. The summed E-state index contributed by atoms with van der Waals surface area (Å²) in [7, 11) is -0.875. The Balaban J connectivity index is 1.81. The lowest BCUT2D eigenvalue weighted by Gasteiger charge is -2.23. The second kappa shape index (κ2) is 12.4. The summed E-state index contributed by atoms with van der Waals surface area (Å²) < 4.78 is 44.3. The van der Waals surface area contributed by atoms with Crippen LogP contribution in [0.5, 0.6) is 17.2 Å². The number of sulfonamides is 1. The Morgan fingerprint density at radius 1 is 0.944 bits per heavy atom. The van der Waals surface area contributed by atoms with Crippen LogP contribution in [-0.2, 0) is 21.4 Å². The summed E-state index contributed by atoms with van der Waals surface area (Å²) >= 11 is 0. The van der Waals surface area contributed by atoms with Crippen LogP contribution in [0.15, 0.2) is 77.7 Å². The minimum absolute atomic E-state index is 0.0501. The van der Waals surface area contributed by atoms with Gasteiger partial charge in [-0.25, -0.2) is 8.42 Å². The third-order valence-electron chi connectivity index (χ3n) is 5.58. The standard InChI is InChI=1S/C27H32N2O6S/c1-5-35-23-12-14-24(15-13-23)36(31,32)29(18-21-9-7-6-8-10-21)19-27(30)28-20(2)22-11-16-25(33-3)26(17-22)34-4/h6-17,20H,5,18-19H2,1-4H3,(H,28,30)/t20-/m1/s1. The van der Waals surface area contributed by atoms with Gasteiger partial charge in [-0.3, -0.25) is 4.79 Å². The molecule has 192 valence electrons. The maximum Gasteiger partial charge on any atom is 0.243 e. The molecule has 3 aromatic rings. The van der Waals surface area contributed by atoms with Crippen LogP contribution in [-0.4, -0.2) is 46.0 Å². The number of methoxy groups -OCH3 is 2.